The van der Waals surface area contributed by atoms with Gasteiger partial charge in [0.2, 0.25) is 0 Å². The van der Waals surface area contributed by atoms with Gasteiger partial charge in [-0.25, -0.2) is 0 Å². The van der Waals surface area contributed by atoms with Gasteiger partial charge in [-0.15, -0.1) is 11.3 Å². The highest BCUT2D eigenvalue weighted by Gasteiger charge is 2.28. The van der Waals surface area contributed by atoms with Gasteiger partial charge in [-0.2, -0.15) is 11.8 Å². The molecule has 1 aromatic heterocycles. The molecule has 1 aliphatic heterocycles. The van der Waals surface area contributed by atoms with Gasteiger partial charge >= 0.3 is 0 Å². The van der Waals surface area contributed by atoms with Crippen molar-refractivity contribution >= 4 is 39.0 Å². The van der Waals surface area contributed by atoms with E-state index in [-0.39, 0.29) is 5.54 Å². The third kappa shape index (κ3) is 2.54. The zero-order chi connectivity index (χ0) is 10.2. The third-order valence-electron chi connectivity index (χ3n) is 2.24. The van der Waals surface area contributed by atoms with Crippen molar-refractivity contribution in [3.8, 4) is 0 Å². The van der Waals surface area contributed by atoms with E-state index in [4.69, 9.17) is 0 Å². The zero-order valence-corrected chi connectivity index (χ0v) is 11.6. The van der Waals surface area contributed by atoms with Crippen molar-refractivity contribution in [2.75, 3.05) is 11.5 Å². The van der Waals surface area contributed by atoms with Crippen LogP contribution in [0.2, 0.25) is 0 Å². The molecule has 1 N–H and O–H groups in total. The Balaban J connectivity index is 2.12. The molecule has 1 fully saturated rings. The molecule has 1 aromatic rings. The third-order valence-corrected chi connectivity index (χ3v) is 5.55. The molecule has 1 atom stereocenters. The number of thioether (sulfide) groups is 1. The molecule has 0 spiro atoms. The predicted molar refractivity (Wildman–Crippen MR) is 69.3 cm³/mol. The average molecular weight is 292 g/mol. The van der Waals surface area contributed by atoms with Gasteiger partial charge in [0.05, 0.1) is 6.04 Å². The van der Waals surface area contributed by atoms with Crippen molar-refractivity contribution in [2.45, 2.75) is 25.4 Å². The topological polar surface area (TPSA) is 12.0 Å². The maximum absolute atomic E-state index is 3.69. The number of nitrogens with one attached hydrogen (secondary N) is 1. The van der Waals surface area contributed by atoms with E-state index in [9.17, 15) is 0 Å². The van der Waals surface area contributed by atoms with Crippen molar-refractivity contribution in [3.05, 3.63) is 20.8 Å². The monoisotopic (exact) mass is 291 g/mol. The molecule has 1 unspecified atom stereocenters. The summed E-state index contributed by atoms with van der Waals surface area (Å²) < 4.78 is 1.20. The number of thiophene rings is 1. The summed E-state index contributed by atoms with van der Waals surface area (Å²) in [5.74, 6) is 2.40. The average Bonchev–Trinajstić information content (AvgIpc) is 2.50. The molecule has 1 nitrogen and oxygen atoms in total. The summed E-state index contributed by atoms with van der Waals surface area (Å²) in [6.45, 7) is 4.55. The van der Waals surface area contributed by atoms with Crippen LogP contribution in [0.4, 0.5) is 0 Å². The van der Waals surface area contributed by atoms with Gasteiger partial charge in [0.15, 0.2) is 0 Å². The normalized spacial score (nSPS) is 26.4. The highest BCUT2D eigenvalue weighted by atomic mass is 79.9. The zero-order valence-electron chi connectivity index (χ0n) is 8.34. The minimum atomic E-state index is 0.268. The summed E-state index contributed by atoms with van der Waals surface area (Å²) in [5, 5.41) is 5.85. The molecule has 0 aliphatic carbocycles. The minimum Gasteiger partial charge on any atom is -0.303 e. The first kappa shape index (κ1) is 11.0. The largest absolute Gasteiger partial charge is 0.303 e. The van der Waals surface area contributed by atoms with E-state index in [2.05, 4.69) is 46.5 Å². The molecular weight excluding hydrogens is 278 g/mol. The molecular formula is C10H14BrNS2. The molecule has 1 aliphatic rings. The Labute approximate surface area is 102 Å². The fraction of sp³-hybridized carbons (Fsp3) is 0.600. The van der Waals surface area contributed by atoms with Gasteiger partial charge in [0, 0.05) is 31.8 Å². The lowest BCUT2D eigenvalue weighted by molar-refractivity contribution is 0.379. The lowest BCUT2D eigenvalue weighted by atomic mass is 10.1. The molecule has 1 saturated heterocycles. The predicted octanol–water partition coefficient (Wildman–Crippen LogP) is 3.67. The Morgan fingerprint density at radius 1 is 1.57 bits per heavy atom. The molecule has 14 heavy (non-hydrogen) atoms. The Kier molecular flexibility index (Phi) is 3.27. The molecule has 78 valence electrons. The van der Waals surface area contributed by atoms with E-state index < -0.39 is 0 Å². The summed E-state index contributed by atoms with van der Waals surface area (Å²) >= 11 is 7.38. The van der Waals surface area contributed by atoms with Crippen LogP contribution in [0.15, 0.2) is 15.9 Å². The number of rotatable bonds is 1. The molecule has 0 aromatic carbocycles. The molecule has 0 amide bonds. The van der Waals surface area contributed by atoms with Crippen LogP contribution in [0, 0.1) is 0 Å². The van der Waals surface area contributed by atoms with Gasteiger partial charge in [-0.3, -0.25) is 0 Å². The second-order valence-corrected chi connectivity index (χ2v) is 7.15. The summed E-state index contributed by atoms with van der Waals surface area (Å²) in [5.41, 5.74) is 0.268. The van der Waals surface area contributed by atoms with Crippen molar-refractivity contribution in [2.24, 2.45) is 0 Å². The van der Waals surface area contributed by atoms with Crippen LogP contribution in [-0.4, -0.2) is 17.0 Å². The maximum atomic E-state index is 3.69. The van der Waals surface area contributed by atoms with Crippen LogP contribution < -0.4 is 5.32 Å². The van der Waals surface area contributed by atoms with Crippen LogP contribution >= 0.6 is 39.0 Å². The molecule has 0 saturated carbocycles. The van der Waals surface area contributed by atoms with Crippen molar-refractivity contribution in [1.82, 2.24) is 5.32 Å². The SMILES string of the molecule is CC1(C)CSCC(c2cc(Br)cs2)N1. The standard InChI is InChI=1S/C10H14BrNS2/c1-10(2)6-13-5-8(12-10)9-3-7(11)4-14-9/h3-4,8,12H,5-6H2,1-2H3. The summed E-state index contributed by atoms with van der Waals surface area (Å²) in [6, 6.07) is 2.75. The molecule has 2 heterocycles. The second kappa shape index (κ2) is 4.16. The van der Waals surface area contributed by atoms with Crippen LogP contribution in [0.1, 0.15) is 24.8 Å². The summed E-state index contributed by atoms with van der Waals surface area (Å²) in [4.78, 5) is 1.44. The minimum absolute atomic E-state index is 0.268. The molecule has 2 rings (SSSR count). The number of hydrogen-bond donors (Lipinski definition) is 1. The molecule has 0 radical (unpaired) electrons. The lowest BCUT2D eigenvalue weighted by Crippen LogP contribution is -2.47. The summed E-state index contributed by atoms with van der Waals surface area (Å²) in [7, 11) is 0. The van der Waals surface area contributed by atoms with E-state index in [0.29, 0.717) is 6.04 Å². The van der Waals surface area contributed by atoms with E-state index in [1.54, 1.807) is 0 Å². The van der Waals surface area contributed by atoms with Crippen molar-refractivity contribution in [3.63, 3.8) is 0 Å². The fourth-order valence-electron chi connectivity index (χ4n) is 1.65. The van der Waals surface area contributed by atoms with Gasteiger partial charge in [0.25, 0.3) is 0 Å². The van der Waals surface area contributed by atoms with Crippen LogP contribution in [0.3, 0.4) is 0 Å². The van der Waals surface area contributed by atoms with E-state index in [0.717, 1.165) is 0 Å². The Bertz CT molecular complexity index is 322. The quantitative estimate of drug-likeness (QED) is 0.847. The lowest BCUT2D eigenvalue weighted by Gasteiger charge is -2.36. The second-order valence-electron chi connectivity index (χ2n) is 4.26. The van der Waals surface area contributed by atoms with Gasteiger partial charge in [-0.1, -0.05) is 0 Å². The van der Waals surface area contributed by atoms with E-state index in [1.165, 1.54) is 20.9 Å². The first-order chi connectivity index (χ1) is 6.57. The Morgan fingerprint density at radius 3 is 2.93 bits per heavy atom. The van der Waals surface area contributed by atoms with Gasteiger partial charge in [-0.05, 0) is 35.8 Å². The molecule has 0 bridgehead atoms. The maximum Gasteiger partial charge on any atom is 0.0511 e. The van der Waals surface area contributed by atoms with Gasteiger partial charge in [0.1, 0.15) is 0 Å². The first-order valence-corrected chi connectivity index (χ1v) is 7.49. The highest BCUT2D eigenvalue weighted by Crippen LogP contribution is 2.33. The summed E-state index contributed by atoms with van der Waals surface area (Å²) in [6.07, 6.45) is 0. The number of hydrogen-bond acceptors (Lipinski definition) is 3. The smallest absolute Gasteiger partial charge is 0.0511 e. The van der Waals surface area contributed by atoms with Crippen LogP contribution in [-0.2, 0) is 0 Å². The van der Waals surface area contributed by atoms with E-state index in [1.807, 2.05) is 23.1 Å². The first-order valence-electron chi connectivity index (χ1n) is 4.66. The van der Waals surface area contributed by atoms with Crippen LogP contribution in [0.25, 0.3) is 0 Å². The van der Waals surface area contributed by atoms with Crippen LogP contribution in [0.5, 0.6) is 0 Å². The van der Waals surface area contributed by atoms with Gasteiger partial charge < -0.3 is 5.32 Å². The fourth-order valence-corrected chi connectivity index (χ4v) is 4.46. The van der Waals surface area contributed by atoms with E-state index >= 15 is 0 Å². The Morgan fingerprint density at radius 2 is 2.36 bits per heavy atom. The highest BCUT2D eigenvalue weighted by molar-refractivity contribution is 9.10. The van der Waals surface area contributed by atoms with Crippen molar-refractivity contribution < 1.29 is 0 Å². The molecule has 4 heteroatoms. The van der Waals surface area contributed by atoms with Crippen molar-refractivity contribution in [1.29, 1.82) is 0 Å². The Hall–Kier alpha value is 0.490. The number of halogens is 1.